The highest BCUT2D eigenvalue weighted by Crippen LogP contribution is 2.17. The summed E-state index contributed by atoms with van der Waals surface area (Å²) in [6.07, 6.45) is 3.48. The van der Waals surface area contributed by atoms with Crippen molar-refractivity contribution >= 4 is 11.9 Å². The number of nitrogens with zero attached hydrogens (tertiary/aromatic N) is 4. The number of rotatable bonds is 5. The van der Waals surface area contributed by atoms with Crippen LogP contribution in [0.25, 0.3) is 0 Å². The summed E-state index contributed by atoms with van der Waals surface area (Å²) < 4.78 is 5.72. The van der Waals surface area contributed by atoms with E-state index in [1.54, 1.807) is 18.5 Å². The molecule has 1 aromatic heterocycles. The van der Waals surface area contributed by atoms with E-state index in [1.165, 1.54) is 0 Å². The lowest BCUT2D eigenvalue weighted by Crippen LogP contribution is -2.49. The zero-order valence-electron chi connectivity index (χ0n) is 14.8. The molecule has 0 N–H and O–H groups in total. The van der Waals surface area contributed by atoms with Gasteiger partial charge in [-0.15, -0.1) is 0 Å². The van der Waals surface area contributed by atoms with Crippen molar-refractivity contribution in [2.75, 3.05) is 37.7 Å². The van der Waals surface area contributed by atoms with Crippen molar-refractivity contribution in [2.45, 2.75) is 13.8 Å². The molecule has 2 heterocycles. The molecule has 1 saturated heterocycles. The van der Waals surface area contributed by atoms with Crippen LogP contribution in [0.1, 0.15) is 24.2 Å². The van der Waals surface area contributed by atoms with Crippen LogP contribution in [0.2, 0.25) is 0 Å². The molecule has 6 heteroatoms. The van der Waals surface area contributed by atoms with E-state index in [2.05, 4.69) is 28.7 Å². The van der Waals surface area contributed by atoms with Crippen LogP contribution in [-0.2, 0) is 0 Å². The average molecular weight is 340 g/mol. The fraction of sp³-hybridized carbons (Fsp3) is 0.421. The predicted molar refractivity (Wildman–Crippen MR) is 96.9 cm³/mol. The topological polar surface area (TPSA) is 58.6 Å². The zero-order chi connectivity index (χ0) is 17.6. The Morgan fingerprint density at radius 2 is 1.84 bits per heavy atom. The Labute approximate surface area is 148 Å². The summed E-state index contributed by atoms with van der Waals surface area (Å²) in [5.41, 5.74) is 0.672. The molecule has 1 aliphatic heterocycles. The van der Waals surface area contributed by atoms with Crippen molar-refractivity contribution in [3.05, 3.63) is 48.3 Å². The van der Waals surface area contributed by atoms with Gasteiger partial charge < -0.3 is 14.5 Å². The number of piperazine rings is 1. The maximum atomic E-state index is 12.8. The summed E-state index contributed by atoms with van der Waals surface area (Å²) in [5, 5.41) is 0. The number of aromatic nitrogens is 2. The molecule has 6 nitrogen and oxygen atoms in total. The first-order valence-corrected chi connectivity index (χ1v) is 8.67. The molecular weight excluding hydrogens is 316 g/mol. The fourth-order valence-corrected chi connectivity index (χ4v) is 2.73. The van der Waals surface area contributed by atoms with E-state index in [1.807, 2.05) is 29.2 Å². The lowest BCUT2D eigenvalue weighted by molar-refractivity contribution is 0.0745. The van der Waals surface area contributed by atoms with Crippen molar-refractivity contribution in [2.24, 2.45) is 5.92 Å². The number of benzene rings is 1. The van der Waals surface area contributed by atoms with Gasteiger partial charge >= 0.3 is 0 Å². The van der Waals surface area contributed by atoms with Crippen LogP contribution in [0, 0.1) is 5.92 Å². The molecular formula is C19H24N4O2. The predicted octanol–water partition coefficient (Wildman–Crippen LogP) is 2.47. The summed E-state index contributed by atoms with van der Waals surface area (Å²) >= 11 is 0. The minimum Gasteiger partial charge on any atom is -0.493 e. The third-order valence-electron chi connectivity index (χ3n) is 4.07. The van der Waals surface area contributed by atoms with Crippen LogP contribution in [0.3, 0.4) is 0 Å². The molecule has 1 aliphatic rings. The highest BCUT2D eigenvalue weighted by atomic mass is 16.5. The van der Waals surface area contributed by atoms with Crippen molar-refractivity contribution in [3.8, 4) is 5.75 Å². The summed E-state index contributed by atoms with van der Waals surface area (Å²) in [4.78, 5) is 25.3. The van der Waals surface area contributed by atoms with Gasteiger partial charge in [-0.25, -0.2) is 9.97 Å². The number of carbonyl (C=O) groups excluding carboxylic acids is 1. The van der Waals surface area contributed by atoms with Gasteiger partial charge in [-0.3, -0.25) is 4.79 Å². The second-order valence-corrected chi connectivity index (χ2v) is 6.56. The van der Waals surface area contributed by atoms with Crippen LogP contribution in [0.4, 0.5) is 5.95 Å². The molecule has 2 aromatic rings. The minimum absolute atomic E-state index is 0.0450. The van der Waals surface area contributed by atoms with Crippen molar-refractivity contribution in [1.29, 1.82) is 0 Å². The minimum atomic E-state index is 0.0450. The fourth-order valence-electron chi connectivity index (χ4n) is 2.73. The molecule has 1 fully saturated rings. The maximum Gasteiger partial charge on any atom is 0.254 e. The van der Waals surface area contributed by atoms with Gasteiger partial charge in [0.05, 0.1) is 6.61 Å². The molecule has 1 aromatic carbocycles. The van der Waals surface area contributed by atoms with Crippen LogP contribution in [0.15, 0.2) is 42.7 Å². The quantitative estimate of drug-likeness (QED) is 0.837. The average Bonchev–Trinajstić information content (AvgIpc) is 2.67. The molecule has 3 rings (SSSR count). The number of hydrogen-bond acceptors (Lipinski definition) is 5. The third kappa shape index (κ3) is 4.47. The van der Waals surface area contributed by atoms with Crippen LogP contribution < -0.4 is 9.64 Å². The van der Waals surface area contributed by atoms with Gasteiger partial charge in [0.15, 0.2) is 0 Å². The number of hydrogen-bond donors (Lipinski definition) is 0. The standard InChI is InChI=1S/C19H24N4O2/c1-15(2)14-25-17-6-3-5-16(13-17)18(24)22-9-11-23(12-10-22)19-20-7-4-8-21-19/h3-8,13,15H,9-12,14H2,1-2H3. The van der Waals surface area contributed by atoms with E-state index < -0.39 is 0 Å². The Hall–Kier alpha value is -2.63. The van der Waals surface area contributed by atoms with E-state index in [4.69, 9.17) is 4.74 Å². The molecule has 25 heavy (non-hydrogen) atoms. The van der Waals surface area contributed by atoms with Crippen molar-refractivity contribution in [1.82, 2.24) is 14.9 Å². The molecule has 132 valence electrons. The molecule has 0 radical (unpaired) electrons. The van der Waals surface area contributed by atoms with Gasteiger partial charge in [0.1, 0.15) is 5.75 Å². The largest absolute Gasteiger partial charge is 0.493 e. The Morgan fingerprint density at radius 1 is 1.12 bits per heavy atom. The Morgan fingerprint density at radius 3 is 2.52 bits per heavy atom. The SMILES string of the molecule is CC(C)COc1cccc(C(=O)N2CCN(c3ncccn3)CC2)c1. The lowest BCUT2D eigenvalue weighted by Gasteiger charge is -2.34. The smallest absolute Gasteiger partial charge is 0.254 e. The number of amides is 1. The first-order chi connectivity index (χ1) is 12.1. The second kappa shape index (κ2) is 7.96. The maximum absolute atomic E-state index is 12.8. The van der Waals surface area contributed by atoms with Gasteiger partial charge in [0.25, 0.3) is 5.91 Å². The highest BCUT2D eigenvalue weighted by molar-refractivity contribution is 5.94. The molecule has 0 atom stereocenters. The van der Waals surface area contributed by atoms with Gasteiger partial charge in [0.2, 0.25) is 5.95 Å². The Balaban J connectivity index is 1.60. The van der Waals surface area contributed by atoms with E-state index in [0.717, 1.165) is 24.8 Å². The highest BCUT2D eigenvalue weighted by Gasteiger charge is 2.23. The summed E-state index contributed by atoms with van der Waals surface area (Å²) in [7, 11) is 0. The molecule has 0 saturated carbocycles. The van der Waals surface area contributed by atoms with E-state index in [-0.39, 0.29) is 5.91 Å². The van der Waals surface area contributed by atoms with E-state index in [9.17, 15) is 4.79 Å². The third-order valence-corrected chi connectivity index (χ3v) is 4.07. The molecule has 0 bridgehead atoms. The van der Waals surface area contributed by atoms with Crippen molar-refractivity contribution < 1.29 is 9.53 Å². The number of carbonyl (C=O) groups is 1. The monoisotopic (exact) mass is 340 g/mol. The normalized spacial score (nSPS) is 14.7. The van der Waals surface area contributed by atoms with Gasteiger partial charge in [-0.1, -0.05) is 19.9 Å². The molecule has 0 unspecified atom stereocenters. The van der Waals surface area contributed by atoms with Gasteiger partial charge in [0, 0.05) is 44.1 Å². The zero-order valence-corrected chi connectivity index (χ0v) is 14.8. The summed E-state index contributed by atoms with van der Waals surface area (Å²) in [5.74, 6) is 1.96. The van der Waals surface area contributed by atoms with Crippen molar-refractivity contribution in [3.63, 3.8) is 0 Å². The lowest BCUT2D eigenvalue weighted by atomic mass is 10.1. The first kappa shape index (κ1) is 17.2. The Kier molecular flexibility index (Phi) is 5.48. The van der Waals surface area contributed by atoms with Crippen LogP contribution >= 0.6 is 0 Å². The summed E-state index contributed by atoms with van der Waals surface area (Å²) in [6.45, 7) is 7.64. The van der Waals surface area contributed by atoms with E-state index >= 15 is 0 Å². The Bertz CT molecular complexity index is 698. The van der Waals surface area contributed by atoms with E-state index in [0.29, 0.717) is 31.2 Å². The van der Waals surface area contributed by atoms with Gasteiger partial charge in [-0.2, -0.15) is 0 Å². The summed E-state index contributed by atoms with van der Waals surface area (Å²) in [6, 6.07) is 9.24. The second-order valence-electron chi connectivity index (χ2n) is 6.56. The van der Waals surface area contributed by atoms with Crippen LogP contribution in [0.5, 0.6) is 5.75 Å². The number of ether oxygens (including phenoxy) is 1. The molecule has 1 amide bonds. The van der Waals surface area contributed by atoms with Gasteiger partial charge in [-0.05, 0) is 30.2 Å². The number of anilines is 1. The van der Waals surface area contributed by atoms with Crippen LogP contribution in [-0.4, -0.2) is 53.6 Å². The molecule has 0 spiro atoms. The molecule has 0 aliphatic carbocycles. The first-order valence-electron chi connectivity index (χ1n) is 8.67.